The van der Waals surface area contributed by atoms with Crippen LogP contribution < -0.4 is 10.6 Å². The summed E-state index contributed by atoms with van der Waals surface area (Å²) >= 11 is 1.61. The molecule has 2 atom stereocenters. The fraction of sp³-hybridized carbons (Fsp3) is 0.714. The summed E-state index contributed by atoms with van der Waals surface area (Å²) in [5, 5.41) is 16.2. The second kappa shape index (κ2) is 6.10. The van der Waals surface area contributed by atoms with Crippen LogP contribution in [0.3, 0.4) is 0 Å². The number of aliphatic hydroxyl groups is 1. The van der Waals surface area contributed by atoms with Gasteiger partial charge in [0, 0.05) is 16.3 Å². The summed E-state index contributed by atoms with van der Waals surface area (Å²) in [6, 6.07) is -0.130. The Kier molecular flexibility index (Phi) is 4.65. The van der Waals surface area contributed by atoms with Crippen molar-refractivity contribution < 1.29 is 9.90 Å². The molecule has 6 heteroatoms. The lowest BCUT2D eigenvalue weighted by Crippen LogP contribution is -2.48. The Balaban J connectivity index is 1.84. The number of urea groups is 1. The summed E-state index contributed by atoms with van der Waals surface area (Å²) in [5.74, 6) is 0. The SMILES string of the molecule is Cc1nc(CNC(=O)NC2CCCC2(C)CO)sc1C. The van der Waals surface area contributed by atoms with E-state index in [0.29, 0.717) is 6.54 Å². The predicted molar refractivity (Wildman–Crippen MR) is 79.8 cm³/mol. The van der Waals surface area contributed by atoms with Gasteiger partial charge in [0.25, 0.3) is 0 Å². The Bertz CT molecular complexity index is 469. The van der Waals surface area contributed by atoms with Crippen LogP contribution in [0.15, 0.2) is 0 Å². The van der Waals surface area contributed by atoms with Crippen molar-refractivity contribution in [2.24, 2.45) is 5.41 Å². The van der Waals surface area contributed by atoms with Crippen LogP contribution in [0, 0.1) is 19.3 Å². The highest BCUT2D eigenvalue weighted by atomic mass is 32.1. The third-order valence-corrected chi connectivity index (χ3v) is 5.29. The average molecular weight is 297 g/mol. The zero-order chi connectivity index (χ0) is 14.8. The molecule has 1 aliphatic rings. The molecule has 0 saturated heterocycles. The Hall–Kier alpha value is -1.14. The fourth-order valence-electron chi connectivity index (χ4n) is 2.65. The van der Waals surface area contributed by atoms with E-state index in [2.05, 4.69) is 15.6 Å². The third-order valence-electron chi connectivity index (χ3n) is 4.22. The van der Waals surface area contributed by atoms with E-state index in [1.54, 1.807) is 11.3 Å². The normalized spacial score (nSPS) is 25.7. The first kappa shape index (κ1) is 15.3. The molecule has 1 aromatic heterocycles. The van der Waals surface area contributed by atoms with E-state index in [9.17, 15) is 9.90 Å². The van der Waals surface area contributed by atoms with Gasteiger partial charge in [-0.05, 0) is 26.7 Å². The van der Waals surface area contributed by atoms with Crippen molar-refractivity contribution in [3.05, 3.63) is 15.6 Å². The lowest BCUT2D eigenvalue weighted by atomic mass is 9.86. The zero-order valence-electron chi connectivity index (χ0n) is 12.3. The molecule has 1 heterocycles. The van der Waals surface area contributed by atoms with E-state index in [-0.39, 0.29) is 24.1 Å². The van der Waals surface area contributed by atoms with Gasteiger partial charge in [-0.2, -0.15) is 0 Å². The number of carbonyl (C=O) groups is 1. The Morgan fingerprint density at radius 1 is 1.55 bits per heavy atom. The minimum absolute atomic E-state index is 0.0484. The van der Waals surface area contributed by atoms with Crippen molar-refractivity contribution >= 4 is 17.4 Å². The maximum Gasteiger partial charge on any atom is 0.315 e. The Morgan fingerprint density at radius 2 is 2.30 bits per heavy atom. The molecule has 0 radical (unpaired) electrons. The third kappa shape index (κ3) is 3.30. The highest BCUT2D eigenvalue weighted by molar-refractivity contribution is 7.11. The molecule has 1 saturated carbocycles. The quantitative estimate of drug-likeness (QED) is 0.797. The van der Waals surface area contributed by atoms with E-state index in [0.717, 1.165) is 30.0 Å². The van der Waals surface area contributed by atoms with E-state index in [1.807, 2.05) is 20.8 Å². The molecule has 112 valence electrons. The number of nitrogens with zero attached hydrogens (tertiary/aromatic N) is 1. The van der Waals surface area contributed by atoms with Crippen LogP contribution in [-0.4, -0.2) is 28.8 Å². The van der Waals surface area contributed by atoms with Crippen LogP contribution in [0.1, 0.15) is 41.8 Å². The molecule has 1 aliphatic carbocycles. The topological polar surface area (TPSA) is 74.2 Å². The summed E-state index contributed by atoms with van der Waals surface area (Å²) < 4.78 is 0. The van der Waals surface area contributed by atoms with E-state index >= 15 is 0 Å². The highest BCUT2D eigenvalue weighted by Crippen LogP contribution is 2.37. The Labute approximate surface area is 123 Å². The van der Waals surface area contributed by atoms with Crippen molar-refractivity contribution in [1.82, 2.24) is 15.6 Å². The number of aryl methyl sites for hydroxylation is 2. The van der Waals surface area contributed by atoms with E-state index < -0.39 is 0 Å². The molecule has 0 bridgehead atoms. The second-order valence-corrected chi connectivity index (χ2v) is 7.12. The van der Waals surface area contributed by atoms with Crippen molar-refractivity contribution in [3.8, 4) is 0 Å². The summed E-state index contributed by atoms with van der Waals surface area (Å²) in [6.07, 6.45) is 2.94. The van der Waals surface area contributed by atoms with E-state index in [1.165, 1.54) is 4.88 Å². The lowest BCUT2D eigenvalue weighted by Gasteiger charge is -2.30. The molecule has 20 heavy (non-hydrogen) atoms. The molecule has 1 aromatic rings. The van der Waals surface area contributed by atoms with Crippen LogP contribution >= 0.6 is 11.3 Å². The molecule has 5 nitrogen and oxygen atoms in total. The standard InChI is InChI=1S/C14H23N3O2S/c1-9-10(2)20-12(16-9)7-15-13(19)17-11-5-4-6-14(11,3)8-18/h11,18H,4-8H2,1-3H3,(H2,15,17,19). The molecule has 0 aromatic carbocycles. The largest absolute Gasteiger partial charge is 0.396 e. The summed E-state index contributed by atoms with van der Waals surface area (Å²) in [5.41, 5.74) is 0.835. The van der Waals surface area contributed by atoms with Gasteiger partial charge in [0.1, 0.15) is 5.01 Å². The number of aromatic nitrogens is 1. The molecule has 2 unspecified atom stereocenters. The number of hydrogen-bond donors (Lipinski definition) is 3. The number of rotatable bonds is 4. The molecule has 1 fully saturated rings. The first-order chi connectivity index (χ1) is 9.44. The maximum absolute atomic E-state index is 11.9. The lowest BCUT2D eigenvalue weighted by molar-refractivity contribution is 0.121. The van der Waals surface area contributed by atoms with Crippen LogP contribution in [0.25, 0.3) is 0 Å². The van der Waals surface area contributed by atoms with Crippen LogP contribution in [-0.2, 0) is 6.54 Å². The van der Waals surface area contributed by atoms with Gasteiger partial charge in [0.2, 0.25) is 0 Å². The smallest absolute Gasteiger partial charge is 0.315 e. The monoisotopic (exact) mass is 297 g/mol. The van der Waals surface area contributed by atoms with Gasteiger partial charge >= 0.3 is 6.03 Å². The van der Waals surface area contributed by atoms with Crippen molar-refractivity contribution in [2.75, 3.05) is 6.61 Å². The first-order valence-corrected chi connectivity index (χ1v) is 7.84. The molecule has 2 amide bonds. The molecule has 3 N–H and O–H groups in total. The van der Waals surface area contributed by atoms with Gasteiger partial charge in [0.15, 0.2) is 0 Å². The van der Waals surface area contributed by atoms with Crippen LogP contribution in [0.4, 0.5) is 4.79 Å². The number of carbonyl (C=O) groups excluding carboxylic acids is 1. The fourth-order valence-corrected chi connectivity index (χ4v) is 3.52. The first-order valence-electron chi connectivity index (χ1n) is 7.03. The van der Waals surface area contributed by atoms with Crippen molar-refractivity contribution in [1.29, 1.82) is 0 Å². The van der Waals surface area contributed by atoms with Gasteiger partial charge in [-0.1, -0.05) is 13.3 Å². The van der Waals surface area contributed by atoms with Gasteiger partial charge in [-0.25, -0.2) is 9.78 Å². The molecule has 0 aliphatic heterocycles. The number of nitrogens with one attached hydrogen (secondary N) is 2. The minimum Gasteiger partial charge on any atom is -0.396 e. The van der Waals surface area contributed by atoms with E-state index in [4.69, 9.17) is 0 Å². The minimum atomic E-state index is -0.189. The van der Waals surface area contributed by atoms with Gasteiger partial charge in [-0.3, -0.25) is 0 Å². The molecular formula is C14H23N3O2S. The molecule has 2 rings (SSSR count). The number of thiazole rings is 1. The number of aliphatic hydroxyl groups excluding tert-OH is 1. The van der Waals surface area contributed by atoms with Crippen molar-refractivity contribution in [2.45, 2.75) is 52.6 Å². The highest BCUT2D eigenvalue weighted by Gasteiger charge is 2.39. The zero-order valence-corrected chi connectivity index (χ0v) is 13.1. The summed E-state index contributed by atoms with van der Waals surface area (Å²) in [4.78, 5) is 17.5. The van der Waals surface area contributed by atoms with Crippen LogP contribution in [0.2, 0.25) is 0 Å². The molecule has 0 spiro atoms. The second-order valence-electron chi connectivity index (χ2n) is 5.83. The summed E-state index contributed by atoms with van der Waals surface area (Å²) in [7, 11) is 0. The van der Waals surface area contributed by atoms with Gasteiger partial charge < -0.3 is 15.7 Å². The number of amides is 2. The van der Waals surface area contributed by atoms with Crippen LogP contribution in [0.5, 0.6) is 0 Å². The summed E-state index contributed by atoms with van der Waals surface area (Å²) in [6.45, 7) is 6.59. The van der Waals surface area contributed by atoms with Gasteiger partial charge in [0.05, 0.1) is 18.8 Å². The molecular weight excluding hydrogens is 274 g/mol. The Morgan fingerprint density at radius 3 is 2.90 bits per heavy atom. The number of hydrogen-bond acceptors (Lipinski definition) is 4. The van der Waals surface area contributed by atoms with Gasteiger partial charge in [-0.15, -0.1) is 11.3 Å². The maximum atomic E-state index is 11.9. The average Bonchev–Trinajstić information content (AvgIpc) is 2.92. The van der Waals surface area contributed by atoms with Crippen molar-refractivity contribution in [3.63, 3.8) is 0 Å². The predicted octanol–water partition coefficient (Wildman–Crippen LogP) is 2.11.